The van der Waals surface area contributed by atoms with Crippen molar-refractivity contribution in [3.05, 3.63) is 113 Å². The van der Waals surface area contributed by atoms with E-state index in [1.54, 1.807) is 55.0 Å². The van der Waals surface area contributed by atoms with Gasteiger partial charge in [0.05, 0.1) is 17.3 Å². The molecular weight excluding hydrogens is 460 g/mol. The molecule has 1 unspecified atom stereocenters. The summed E-state index contributed by atoms with van der Waals surface area (Å²) in [5.41, 5.74) is 5.21. The Morgan fingerprint density at radius 2 is 1.69 bits per heavy atom. The van der Waals surface area contributed by atoms with Crippen LogP contribution in [-0.4, -0.2) is 23.9 Å². The number of nitrogens with zero attached hydrogens (tertiary/aromatic N) is 2. The number of amides is 1. The lowest BCUT2D eigenvalue weighted by Gasteiger charge is -2.15. The minimum absolute atomic E-state index is 0.136. The highest BCUT2D eigenvalue weighted by Gasteiger charge is 2.15. The summed E-state index contributed by atoms with van der Waals surface area (Å²) in [4.78, 5) is 17.0. The highest BCUT2D eigenvalue weighted by atomic mass is 32.2. The summed E-state index contributed by atoms with van der Waals surface area (Å²) in [6.07, 6.45) is 5.33. The second-order valence-corrected chi connectivity index (χ2v) is 10.3. The van der Waals surface area contributed by atoms with Gasteiger partial charge in [-0.2, -0.15) is 0 Å². The first-order valence-electron chi connectivity index (χ1n) is 11.3. The van der Waals surface area contributed by atoms with E-state index < -0.39 is 10.0 Å². The molecule has 7 nitrogen and oxygen atoms in total. The van der Waals surface area contributed by atoms with E-state index in [1.807, 2.05) is 55.8 Å². The number of aryl methyl sites for hydroxylation is 2. The molecule has 3 aromatic carbocycles. The van der Waals surface area contributed by atoms with E-state index in [4.69, 9.17) is 0 Å². The molecule has 0 aliphatic heterocycles. The standard InChI is InChI=1S/C27H28N4O3S/c1-19-4-13-26(16-20(19)2)35(33,34)29-17-22-5-7-24(8-6-22)27(32)30-21(3)23-9-11-25(12-10-23)31-15-14-28-18-31/h4-16,18,21,29H,17H2,1-3H3,(H,30,32). The van der Waals surface area contributed by atoms with Gasteiger partial charge in [0.25, 0.3) is 5.91 Å². The van der Waals surface area contributed by atoms with Crippen molar-refractivity contribution in [3.63, 3.8) is 0 Å². The summed E-state index contributed by atoms with van der Waals surface area (Å²) in [7, 11) is -3.62. The normalized spacial score (nSPS) is 12.3. The lowest BCUT2D eigenvalue weighted by Crippen LogP contribution is -2.26. The summed E-state index contributed by atoms with van der Waals surface area (Å²) in [6.45, 7) is 5.89. The molecule has 0 spiro atoms. The van der Waals surface area contributed by atoms with Gasteiger partial charge in [-0.05, 0) is 79.4 Å². The molecule has 0 radical (unpaired) electrons. The molecule has 1 amide bonds. The van der Waals surface area contributed by atoms with Crippen LogP contribution in [0.5, 0.6) is 0 Å². The SMILES string of the molecule is Cc1ccc(S(=O)(=O)NCc2ccc(C(=O)NC(C)c3ccc(-n4ccnc4)cc3)cc2)cc1C. The van der Waals surface area contributed by atoms with Gasteiger partial charge in [-0.1, -0.05) is 30.3 Å². The molecule has 1 heterocycles. The third-order valence-corrected chi connectivity index (χ3v) is 7.41. The van der Waals surface area contributed by atoms with Crippen molar-refractivity contribution in [1.82, 2.24) is 19.6 Å². The molecule has 2 N–H and O–H groups in total. The molecular formula is C27H28N4O3S. The zero-order chi connectivity index (χ0) is 25.0. The molecule has 35 heavy (non-hydrogen) atoms. The van der Waals surface area contributed by atoms with Crippen molar-refractivity contribution in [2.75, 3.05) is 0 Å². The first-order chi connectivity index (χ1) is 16.7. The molecule has 4 aromatic rings. The summed E-state index contributed by atoms with van der Waals surface area (Å²) in [5.74, 6) is -0.196. The van der Waals surface area contributed by atoms with E-state index in [-0.39, 0.29) is 23.4 Å². The Bertz CT molecular complexity index is 1410. The number of benzene rings is 3. The topological polar surface area (TPSA) is 93.1 Å². The first-order valence-corrected chi connectivity index (χ1v) is 12.8. The molecule has 0 aliphatic carbocycles. The molecule has 0 saturated carbocycles. The highest BCUT2D eigenvalue weighted by molar-refractivity contribution is 7.89. The van der Waals surface area contributed by atoms with Crippen molar-refractivity contribution in [3.8, 4) is 5.69 Å². The van der Waals surface area contributed by atoms with E-state index in [2.05, 4.69) is 15.0 Å². The number of imidazole rings is 1. The number of hydrogen-bond acceptors (Lipinski definition) is 4. The van der Waals surface area contributed by atoms with E-state index in [9.17, 15) is 13.2 Å². The smallest absolute Gasteiger partial charge is 0.251 e. The molecule has 180 valence electrons. The van der Waals surface area contributed by atoms with E-state index in [1.165, 1.54) is 0 Å². The fourth-order valence-electron chi connectivity index (χ4n) is 3.63. The number of sulfonamides is 1. The van der Waals surface area contributed by atoms with Crippen molar-refractivity contribution in [1.29, 1.82) is 0 Å². The number of aromatic nitrogens is 2. The lowest BCUT2D eigenvalue weighted by molar-refractivity contribution is 0.0940. The zero-order valence-corrected chi connectivity index (χ0v) is 20.7. The van der Waals surface area contributed by atoms with Crippen LogP contribution >= 0.6 is 0 Å². The molecule has 0 fully saturated rings. The first kappa shape index (κ1) is 24.4. The van der Waals surface area contributed by atoms with Gasteiger partial charge in [-0.25, -0.2) is 18.1 Å². The summed E-state index contributed by atoms with van der Waals surface area (Å²) in [6, 6.07) is 19.7. The summed E-state index contributed by atoms with van der Waals surface area (Å²) < 4.78 is 29.8. The Balaban J connectivity index is 1.34. The summed E-state index contributed by atoms with van der Waals surface area (Å²) >= 11 is 0. The molecule has 0 aliphatic rings. The van der Waals surface area contributed by atoms with Crippen LogP contribution in [0.15, 0.2) is 90.3 Å². The molecule has 1 atom stereocenters. The second-order valence-electron chi connectivity index (χ2n) is 8.52. The van der Waals surface area contributed by atoms with Crippen LogP contribution in [0.3, 0.4) is 0 Å². The van der Waals surface area contributed by atoms with E-state index in [0.717, 1.165) is 27.9 Å². The molecule has 4 rings (SSSR count). The monoisotopic (exact) mass is 488 g/mol. The van der Waals surface area contributed by atoms with Gasteiger partial charge in [0.2, 0.25) is 10.0 Å². The fraction of sp³-hybridized carbons (Fsp3) is 0.185. The second kappa shape index (κ2) is 10.2. The van der Waals surface area contributed by atoms with Crippen LogP contribution in [0.1, 0.15) is 45.6 Å². The minimum atomic E-state index is -3.62. The Morgan fingerprint density at radius 3 is 2.31 bits per heavy atom. The Kier molecular flexibility index (Phi) is 7.14. The third kappa shape index (κ3) is 5.85. The van der Waals surface area contributed by atoms with Crippen molar-refractivity contribution >= 4 is 15.9 Å². The van der Waals surface area contributed by atoms with Crippen LogP contribution in [0.4, 0.5) is 0 Å². The minimum Gasteiger partial charge on any atom is -0.346 e. The van der Waals surface area contributed by atoms with Crippen molar-refractivity contribution in [2.45, 2.75) is 38.3 Å². The quantitative estimate of drug-likeness (QED) is 0.383. The van der Waals surface area contributed by atoms with Crippen LogP contribution in [0.2, 0.25) is 0 Å². The number of hydrogen-bond donors (Lipinski definition) is 2. The lowest BCUT2D eigenvalue weighted by atomic mass is 10.1. The van der Waals surface area contributed by atoms with Crippen molar-refractivity contribution in [2.24, 2.45) is 0 Å². The predicted octanol–water partition coefficient (Wildman–Crippen LogP) is 4.46. The van der Waals surface area contributed by atoms with Gasteiger partial charge >= 0.3 is 0 Å². The number of carbonyl (C=O) groups excluding carboxylic acids is 1. The maximum atomic E-state index is 12.7. The maximum absolute atomic E-state index is 12.7. The summed E-state index contributed by atoms with van der Waals surface area (Å²) in [5, 5.41) is 3.00. The highest BCUT2D eigenvalue weighted by Crippen LogP contribution is 2.18. The van der Waals surface area contributed by atoms with E-state index >= 15 is 0 Å². The van der Waals surface area contributed by atoms with Crippen LogP contribution in [0, 0.1) is 13.8 Å². The molecule has 0 saturated heterocycles. The van der Waals surface area contributed by atoms with Gasteiger partial charge in [-0.15, -0.1) is 0 Å². The average Bonchev–Trinajstić information content (AvgIpc) is 3.40. The molecule has 8 heteroatoms. The van der Waals surface area contributed by atoms with E-state index in [0.29, 0.717) is 5.56 Å². The Morgan fingerprint density at radius 1 is 0.971 bits per heavy atom. The molecule has 0 bridgehead atoms. The van der Waals surface area contributed by atoms with Gasteiger partial charge < -0.3 is 9.88 Å². The average molecular weight is 489 g/mol. The number of carbonyl (C=O) groups is 1. The van der Waals surface area contributed by atoms with Gasteiger partial charge in [0.15, 0.2) is 0 Å². The van der Waals surface area contributed by atoms with Crippen LogP contribution < -0.4 is 10.0 Å². The predicted molar refractivity (Wildman–Crippen MR) is 136 cm³/mol. The maximum Gasteiger partial charge on any atom is 0.251 e. The Hall–Kier alpha value is -3.75. The van der Waals surface area contributed by atoms with Crippen molar-refractivity contribution < 1.29 is 13.2 Å². The largest absolute Gasteiger partial charge is 0.346 e. The van der Waals surface area contributed by atoms with Crippen LogP contribution in [-0.2, 0) is 16.6 Å². The molecule has 1 aromatic heterocycles. The number of nitrogens with one attached hydrogen (secondary N) is 2. The van der Waals surface area contributed by atoms with Gasteiger partial charge in [0, 0.05) is 30.2 Å². The van der Waals surface area contributed by atoms with Gasteiger partial charge in [0.1, 0.15) is 0 Å². The Labute approximate surface area is 205 Å². The van der Waals surface area contributed by atoms with Gasteiger partial charge in [-0.3, -0.25) is 4.79 Å². The third-order valence-electron chi connectivity index (χ3n) is 6.01. The zero-order valence-electron chi connectivity index (χ0n) is 19.9. The number of rotatable bonds is 8. The fourth-order valence-corrected chi connectivity index (χ4v) is 4.73. The van der Waals surface area contributed by atoms with Crippen LogP contribution in [0.25, 0.3) is 5.69 Å².